The predicted octanol–water partition coefficient (Wildman–Crippen LogP) is 4.40. The quantitative estimate of drug-likeness (QED) is 0.402. The highest BCUT2D eigenvalue weighted by Gasteiger charge is 1.89. The van der Waals surface area contributed by atoms with Gasteiger partial charge in [-0.05, 0) is 52.4 Å². The summed E-state index contributed by atoms with van der Waals surface area (Å²) in [5.41, 5.74) is 0. The van der Waals surface area contributed by atoms with E-state index in [2.05, 4.69) is 24.3 Å². The van der Waals surface area contributed by atoms with E-state index in [1.807, 2.05) is 0 Å². The summed E-state index contributed by atoms with van der Waals surface area (Å²) in [7, 11) is 0. The first-order chi connectivity index (χ1) is 8.63. The van der Waals surface area contributed by atoms with Gasteiger partial charge in [0.1, 0.15) is 11.6 Å². The van der Waals surface area contributed by atoms with Crippen LogP contribution in [0.15, 0.2) is 24.3 Å². The minimum Gasteiger partial charge on any atom is -0.300 e. The minimum absolute atomic E-state index is 0.260. The Morgan fingerprint density at radius 2 is 1.00 bits per heavy atom. The summed E-state index contributed by atoms with van der Waals surface area (Å²) in [4.78, 5) is 21.4. The van der Waals surface area contributed by atoms with Crippen molar-refractivity contribution in [2.45, 2.75) is 65.2 Å². The van der Waals surface area contributed by atoms with E-state index < -0.39 is 0 Å². The summed E-state index contributed by atoms with van der Waals surface area (Å²) in [5.74, 6) is 0.519. The first-order valence-electron chi connectivity index (χ1n) is 6.92. The topological polar surface area (TPSA) is 34.1 Å². The van der Waals surface area contributed by atoms with Crippen LogP contribution in [0.1, 0.15) is 65.2 Å². The zero-order valence-electron chi connectivity index (χ0n) is 11.8. The lowest BCUT2D eigenvalue weighted by Gasteiger charge is -1.94. The Morgan fingerprint density at radius 3 is 1.33 bits per heavy atom. The van der Waals surface area contributed by atoms with Crippen LogP contribution in [0.3, 0.4) is 0 Å². The van der Waals surface area contributed by atoms with Crippen molar-refractivity contribution >= 4 is 11.6 Å². The number of hydrogen-bond donors (Lipinski definition) is 0. The largest absolute Gasteiger partial charge is 0.300 e. The lowest BCUT2D eigenvalue weighted by atomic mass is 10.1. The molecule has 0 aliphatic heterocycles. The Kier molecular flexibility index (Phi) is 11.5. The first kappa shape index (κ1) is 16.8. The van der Waals surface area contributed by atoms with Gasteiger partial charge >= 0.3 is 0 Å². The highest BCUT2D eigenvalue weighted by atomic mass is 16.1. The van der Waals surface area contributed by atoms with Gasteiger partial charge < -0.3 is 9.59 Å². The fourth-order valence-electron chi connectivity index (χ4n) is 1.57. The molecule has 0 rings (SSSR count). The molecule has 0 saturated carbocycles. The van der Waals surface area contributed by atoms with Gasteiger partial charge in [0.25, 0.3) is 0 Å². The molecular formula is C16H26O2. The molecule has 0 heterocycles. The lowest BCUT2D eigenvalue weighted by molar-refractivity contribution is -0.117. The summed E-state index contributed by atoms with van der Waals surface area (Å²) in [5, 5.41) is 0. The molecule has 0 spiro atoms. The fraction of sp³-hybridized carbons (Fsp3) is 0.625. The molecule has 0 atom stereocenters. The molecule has 0 bridgehead atoms. The first-order valence-corrected chi connectivity index (χ1v) is 6.92. The number of unbranched alkanes of at least 4 members (excludes halogenated alkanes) is 3. The molecule has 2 heteroatoms. The number of Topliss-reactive ketones (excluding diaryl/α,β-unsaturated/α-hetero) is 2. The number of carbonyl (C=O) groups excluding carboxylic acids is 2. The molecule has 0 N–H and O–H groups in total. The molecule has 0 aromatic carbocycles. The van der Waals surface area contributed by atoms with Crippen molar-refractivity contribution < 1.29 is 9.59 Å². The third-order valence-corrected chi connectivity index (χ3v) is 2.65. The zero-order chi connectivity index (χ0) is 13.6. The van der Waals surface area contributed by atoms with Gasteiger partial charge in [0.05, 0.1) is 0 Å². The van der Waals surface area contributed by atoms with Gasteiger partial charge in [0.2, 0.25) is 0 Å². The maximum atomic E-state index is 10.7. The molecule has 2 nitrogen and oxygen atoms in total. The van der Waals surface area contributed by atoms with Crippen LogP contribution in [0.4, 0.5) is 0 Å². The molecule has 0 aliphatic carbocycles. The smallest absolute Gasteiger partial charge is 0.130 e. The van der Waals surface area contributed by atoms with Gasteiger partial charge in [-0.3, -0.25) is 0 Å². The summed E-state index contributed by atoms with van der Waals surface area (Å²) in [6.45, 7) is 3.26. The van der Waals surface area contributed by atoms with Crippen molar-refractivity contribution in [3.8, 4) is 0 Å². The van der Waals surface area contributed by atoms with E-state index in [4.69, 9.17) is 0 Å². The number of rotatable bonds is 11. The number of allylic oxidation sites excluding steroid dienone is 4. The molecule has 0 amide bonds. The molecule has 0 aromatic heterocycles. The lowest BCUT2D eigenvalue weighted by Crippen LogP contribution is -1.86. The summed E-state index contributed by atoms with van der Waals surface area (Å²) in [6, 6.07) is 0. The molecule has 0 radical (unpaired) electrons. The van der Waals surface area contributed by atoms with E-state index in [1.54, 1.807) is 13.8 Å². The van der Waals surface area contributed by atoms with E-state index in [0.717, 1.165) is 25.7 Å². The van der Waals surface area contributed by atoms with Gasteiger partial charge in [0.15, 0.2) is 0 Å². The third kappa shape index (κ3) is 14.8. The number of ketones is 2. The summed E-state index contributed by atoms with van der Waals surface area (Å²) >= 11 is 0. The van der Waals surface area contributed by atoms with Crippen molar-refractivity contribution in [3.63, 3.8) is 0 Å². The fourth-order valence-corrected chi connectivity index (χ4v) is 1.57. The van der Waals surface area contributed by atoms with E-state index in [1.165, 1.54) is 12.8 Å². The summed E-state index contributed by atoms with van der Waals surface area (Å²) in [6.07, 6.45) is 16.2. The van der Waals surface area contributed by atoms with E-state index in [9.17, 15) is 9.59 Å². The highest BCUT2D eigenvalue weighted by Crippen LogP contribution is 2.04. The van der Waals surface area contributed by atoms with Gasteiger partial charge in [-0.25, -0.2) is 0 Å². The molecule has 0 unspecified atom stereocenters. The van der Waals surface area contributed by atoms with Crippen molar-refractivity contribution in [1.29, 1.82) is 0 Å². The Labute approximate surface area is 111 Å². The molecule has 0 fully saturated rings. The Bertz CT molecular complexity index is 257. The monoisotopic (exact) mass is 250 g/mol. The molecular weight excluding hydrogens is 224 g/mol. The highest BCUT2D eigenvalue weighted by molar-refractivity contribution is 5.75. The SMILES string of the molecule is CC(=O)CCC=CCCCCC=CCCC(C)=O. The predicted molar refractivity (Wildman–Crippen MR) is 76.6 cm³/mol. The molecule has 102 valence electrons. The molecule has 0 aliphatic rings. The Balaban J connectivity index is 3.25. The maximum Gasteiger partial charge on any atom is 0.130 e. The number of hydrogen-bond acceptors (Lipinski definition) is 2. The summed E-state index contributed by atoms with van der Waals surface area (Å²) < 4.78 is 0. The van der Waals surface area contributed by atoms with E-state index >= 15 is 0 Å². The van der Waals surface area contributed by atoms with Gasteiger partial charge in [-0.2, -0.15) is 0 Å². The zero-order valence-corrected chi connectivity index (χ0v) is 11.8. The number of carbonyl (C=O) groups is 2. The van der Waals surface area contributed by atoms with E-state index in [0.29, 0.717) is 12.8 Å². The van der Waals surface area contributed by atoms with Crippen molar-refractivity contribution in [1.82, 2.24) is 0 Å². The van der Waals surface area contributed by atoms with Crippen LogP contribution in [0.5, 0.6) is 0 Å². The van der Waals surface area contributed by atoms with Crippen molar-refractivity contribution in [3.05, 3.63) is 24.3 Å². The van der Waals surface area contributed by atoms with E-state index in [-0.39, 0.29) is 11.6 Å². The van der Waals surface area contributed by atoms with Crippen LogP contribution >= 0.6 is 0 Å². The van der Waals surface area contributed by atoms with Gasteiger partial charge in [0, 0.05) is 12.8 Å². The normalized spacial score (nSPS) is 11.4. The second-order valence-electron chi connectivity index (χ2n) is 4.71. The third-order valence-electron chi connectivity index (χ3n) is 2.65. The average Bonchev–Trinajstić information content (AvgIpc) is 2.29. The van der Waals surface area contributed by atoms with Crippen LogP contribution in [0, 0.1) is 0 Å². The van der Waals surface area contributed by atoms with Gasteiger partial charge in [-0.1, -0.05) is 24.3 Å². The molecule has 0 aromatic rings. The van der Waals surface area contributed by atoms with Gasteiger partial charge in [-0.15, -0.1) is 0 Å². The van der Waals surface area contributed by atoms with Crippen LogP contribution in [0.2, 0.25) is 0 Å². The average molecular weight is 250 g/mol. The Hall–Kier alpha value is -1.18. The van der Waals surface area contributed by atoms with Crippen molar-refractivity contribution in [2.24, 2.45) is 0 Å². The standard InChI is InChI=1S/C16H26O2/c1-15(17)13-11-9-7-5-3-4-6-8-10-12-14-16(2)18/h7-10H,3-6,11-14H2,1-2H3. The Morgan fingerprint density at radius 1 is 0.667 bits per heavy atom. The second kappa shape index (κ2) is 12.3. The van der Waals surface area contributed by atoms with Crippen LogP contribution in [-0.4, -0.2) is 11.6 Å². The minimum atomic E-state index is 0.260. The molecule has 18 heavy (non-hydrogen) atoms. The second-order valence-corrected chi connectivity index (χ2v) is 4.71. The van der Waals surface area contributed by atoms with Crippen LogP contribution in [0.25, 0.3) is 0 Å². The van der Waals surface area contributed by atoms with Crippen LogP contribution < -0.4 is 0 Å². The molecule has 0 saturated heterocycles. The van der Waals surface area contributed by atoms with Crippen LogP contribution in [-0.2, 0) is 9.59 Å². The van der Waals surface area contributed by atoms with Crippen molar-refractivity contribution in [2.75, 3.05) is 0 Å². The maximum absolute atomic E-state index is 10.7.